The second-order valence-electron chi connectivity index (χ2n) is 8.59. The molecule has 0 saturated carbocycles. The van der Waals surface area contributed by atoms with E-state index in [1.165, 1.54) is 6.92 Å². The lowest BCUT2D eigenvalue weighted by molar-refractivity contribution is -0.146. The molecular formula is C24H32N4O5. The third kappa shape index (κ3) is 7.78. The van der Waals surface area contributed by atoms with Crippen LogP contribution in [0.1, 0.15) is 74.0 Å². The average Bonchev–Trinajstić information content (AvgIpc) is 2.75. The molecule has 0 saturated heterocycles. The number of carbonyl (C=O) groups excluding carboxylic acids is 1. The van der Waals surface area contributed by atoms with Crippen LogP contribution in [0.2, 0.25) is 0 Å². The third-order valence-corrected chi connectivity index (χ3v) is 5.82. The second-order valence-corrected chi connectivity index (χ2v) is 8.59. The number of carboxylic acid groups (broad SMARTS) is 1. The number of nitrogens with one attached hydrogen (secondary N) is 1. The van der Waals surface area contributed by atoms with Gasteiger partial charge < -0.3 is 20.3 Å². The highest BCUT2D eigenvalue weighted by Gasteiger charge is 2.20. The highest BCUT2D eigenvalue weighted by Crippen LogP contribution is 2.27. The van der Waals surface area contributed by atoms with Crippen molar-refractivity contribution in [3.63, 3.8) is 0 Å². The number of fused-ring (bicyclic) bond motifs is 1. The zero-order valence-corrected chi connectivity index (χ0v) is 19.2. The van der Waals surface area contributed by atoms with E-state index in [2.05, 4.69) is 20.3 Å². The number of aliphatic hydroxyl groups excluding tert-OH is 1. The van der Waals surface area contributed by atoms with Crippen molar-refractivity contribution in [1.29, 1.82) is 0 Å². The van der Waals surface area contributed by atoms with E-state index >= 15 is 0 Å². The molecule has 9 heteroatoms. The smallest absolute Gasteiger partial charge is 0.303 e. The number of carboxylic acids is 1. The van der Waals surface area contributed by atoms with Crippen LogP contribution in [0.15, 0.2) is 24.5 Å². The lowest BCUT2D eigenvalue weighted by Crippen LogP contribution is -2.26. The number of aromatic nitrogens is 3. The summed E-state index contributed by atoms with van der Waals surface area (Å²) in [6.07, 6.45) is 7.32. The fourth-order valence-electron chi connectivity index (χ4n) is 4.14. The van der Waals surface area contributed by atoms with Gasteiger partial charge in [0.2, 0.25) is 0 Å². The number of aryl methyl sites for hydroxylation is 2. The van der Waals surface area contributed by atoms with E-state index in [-0.39, 0.29) is 24.4 Å². The lowest BCUT2D eigenvalue weighted by Gasteiger charge is -2.23. The summed E-state index contributed by atoms with van der Waals surface area (Å²) in [6.45, 7) is 3.19. The summed E-state index contributed by atoms with van der Waals surface area (Å²) in [5.74, 6) is -0.0140. The minimum Gasteiger partial charge on any atom is -0.481 e. The van der Waals surface area contributed by atoms with Crippen molar-refractivity contribution in [3.8, 4) is 0 Å². The molecule has 0 spiro atoms. The standard InChI is InChI=1S/C24H32N4O5/c1-15-25-13-19(14-26-15)18(11-23(31)32)5-3-4-6-21(33-16(2)29)12-20-9-7-17-8-10-22(30)28-24(17)27-20/h7,9,13-14,18,21-22,30H,3-6,8,10-12H2,1-2H3,(H,27,28)(H,31,32). The Labute approximate surface area is 193 Å². The Hall–Kier alpha value is -3.07. The van der Waals surface area contributed by atoms with Gasteiger partial charge in [0.05, 0.1) is 6.42 Å². The number of unbranched alkanes of at least 4 members (excludes halogenated alkanes) is 1. The quantitative estimate of drug-likeness (QED) is 0.344. The molecule has 0 aromatic carbocycles. The molecule has 3 unspecified atom stereocenters. The van der Waals surface area contributed by atoms with Crippen molar-refractivity contribution in [3.05, 3.63) is 47.2 Å². The molecule has 0 aliphatic carbocycles. The third-order valence-electron chi connectivity index (χ3n) is 5.82. The number of carbonyl (C=O) groups is 2. The summed E-state index contributed by atoms with van der Waals surface area (Å²) in [4.78, 5) is 35.9. The minimum atomic E-state index is -0.851. The molecule has 3 heterocycles. The molecule has 3 atom stereocenters. The summed E-state index contributed by atoms with van der Waals surface area (Å²) in [6, 6.07) is 3.94. The number of ether oxygens (including phenoxy) is 1. The van der Waals surface area contributed by atoms with Crippen LogP contribution in [-0.4, -0.2) is 49.4 Å². The van der Waals surface area contributed by atoms with E-state index in [0.717, 1.165) is 36.1 Å². The zero-order valence-electron chi connectivity index (χ0n) is 19.2. The van der Waals surface area contributed by atoms with Crippen molar-refractivity contribution >= 4 is 17.8 Å². The minimum absolute atomic E-state index is 0.0255. The second kappa shape index (κ2) is 11.7. The van der Waals surface area contributed by atoms with Crippen LogP contribution in [0.25, 0.3) is 0 Å². The van der Waals surface area contributed by atoms with Gasteiger partial charge in [-0.2, -0.15) is 0 Å². The van der Waals surface area contributed by atoms with Gasteiger partial charge >= 0.3 is 11.9 Å². The Bertz CT molecular complexity index is 950. The van der Waals surface area contributed by atoms with Gasteiger partial charge in [-0.25, -0.2) is 15.0 Å². The SMILES string of the molecule is CC(=O)OC(CCCCC(CC(=O)O)c1cnc(C)nc1)Cc1ccc2c(n1)NC(O)CC2. The molecular weight excluding hydrogens is 424 g/mol. The van der Waals surface area contributed by atoms with Crippen LogP contribution < -0.4 is 5.32 Å². The van der Waals surface area contributed by atoms with E-state index < -0.39 is 12.2 Å². The largest absolute Gasteiger partial charge is 0.481 e. The van der Waals surface area contributed by atoms with Gasteiger partial charge in [0.1, 0.15) is 24.0 Å². The van der Waals surface area contributed by atoms with Gasteiger partial charge in [0.15, 0.2) is 0 Å². The number of nitrogens with zero attached hydrogens (tertiary/aromatic N) is 3. The van der Waals surface area contributed by atoms with Crippen molar-refractivity contribution in [2.24, 2.45) is 0 Å². The summed E-state index contributed by atoms with van der Waals surface area (Å²) >= 11 is 0. The number of rotatable bonds is 11. The van der Waals surface area contributed by atoms with Crippen molar-refractivity contribution < 1.29 is 24.5 Å². The average molecular weight is 457 g/mol. The van der Waals surface area contributed by atoms with Gasteiger partial charge in [-0.3, -0.25) is 9.59 Å². The Morgan fingerprint density at radius 1 is 1.21 bits per heavy atom. The monoisotopic (exact) mass is 456 g/mol. The van der Waals surface area contributed by atoms with Crippen molar-refractivity contribution in [1.82, 2.24) is 15.0 Å². The van der Waals surface area contributed by atoms with Crippen molar-refractivity contribution in [2.45, 2.75) is 83.5 Å². The number of esters is 1. The maximum absolute atomic E-state index is 11.6. The fourth-order valence-corrected chi connectivity index (χ4v) is 4.14. The Morgan fingerprint density at radius 2 is 1.94 bits per heavy atom. The molecule has 0 bridgehead atoms. The van der Waals surface area contributed by atoms with Gasteiger partial charge in [-0.15, -0.1) is 0 Å². The normalized spacial score (nSPS) is 16.9. The first-order chi connectivity index (χ1) is 15.8. The Kier molecular flexibility index (Phi) is 8.71. The van der Waals surface area contributed by atoms with Crippen LogP contribution in [0.4, 0.5) is 5.82 Å². The predicted octanol–water partition coefficient (Wildman–Crippen LogP) is 3.15. The predicted molar refractivity (Wildman–Crippen MR) is 122 cm³/mol. The van der Waals surface area contributed by atoms with E-state index in [1.54, 1.807) is 19.3 Å². The van der Waals surface area contributed by atoms with E-state index in [9.17, 15) is 19.8 Å². The number of hydrogen-bond donors (Lipinski definition) is 3. The number of aliphatic hydroxyl groups is 1. The van der Waals surface area contributed by atoms with Gasteiger partial charge in [0, 0.05) is 31.4 Å². The number of anilines is 1. The zero-order chi connectivity index (χ0) is 23.8. The molecule has 1 aliphatic rings. The molecule has 1 aliphatic heterocycles. The summed E-state index contributed by atoms with van der Waals surface area (Å²) < 4.78 is 5.53. The van der Waals surface area contributed by atoms with Crippen LogP contribution in [0.5, 0.6) is 0 Å². The summed E-state index contributed by atoms with van der Waals surface area (Å²) in [5.41, 5.74) is 2.69. The molecule has 3 rings (SSSR count). The molecule has 2 aromatic heterocycles. The maximum Gasteiger partial charge on any atom is 0.303 e. The maximum atomic E-state index is 11.6. The van der Waals surface area contributed by atoms with Gasteiger partial charge in [-0.1, -0.05) is 12.5 Å². The van der Waals surface area contributed by atoms with Crippen LogP contribution >= 0.6 is 0 Å². The van der Waals surface area contributed by atoms with Crippen LogP contribution in [-0.2, 0) is 27.2 Å². The molecule has 9 nitrogen and oxygen atoms in total. The van der Waals surface area contributed by atoms with E-state index in [4.69, 9.17) is 4.74 Å². The summed E-state index contributed by atoms with van der Waals surface area (Å²) in [7, 11) is 0. The van der Waals surface area contributed by atoms with Crippen LogP contribution in [0.3, 0.4) is 0 Å². The molecule has 3 N–H and O–H groups in total. The lowest BCUT2D eigenvalue weighted by atomic mass is 9.91. The highest BCUT2D eigenvalue weighted by molar-refractivity contribution is 5.68. The number of hydrogen-bond acceptors (Lipinski definition) is 8. The van der Waals surface area contributed by atoms with Crippen molar-refractivity contribution in [2.75, 3.05) is 5.32 Å². The van der Waals surface area contributed by atoms with Crippen LogP contribution in [0, 0.1) is 6.92 Å². The van der Waals surface area contributed by atoms with Gasteiger partial charge in [0.25, 0.3) is 0 Å². The molecule has 33 heavy (non-hydrogen) atoms. The molecule has 2 aromatic rings. The molecule has 0 amide bonds. The fraction of sp³-hybridized carbons (Fsp3) is 0.542. The first kappa shape index (κ1) is 24.6. The van der Waals surface area contributed by atoms with E-state index in [0.29, 0.717) is 37.3 Å². The highest BCUT2D eigenvalue weighted by atomic mass is 16.5. The molecule has 0 fully saturated rings. The first-order valence-electron chi connectivity index (χ1n) is 11.4. The Balaban J connectivity index is 1.56. The van der Waals surface area contributed by atoms with Gasteiger partial charge in [-0.05, 0) is 62.1 Å². The topological polar surface area (TPSA) is 135 Å². The molecule has 0 radical (unpaired) electrons. The summed E-state index contributed by atoms with van der Waals surface area (Å²) in [5, 5.41) is 22.1. The number of aliphatic carboxylic acids is 1. The Morgan fingerprint density at radius 3 is 2.64 bits per heavy atom. The molecule has 178 valence electrons. The number of pyridine rings is 1. The van der Waals surface area contributed by atoms with E-state index in [1.807, 2.05) is 12.1 Å². The first-order valence-corrected chi connectivity index (χ1v) is 11.4.